The highest BCUT2D eigenvalue weighted by Crippen LogP contribution is 2.47. The van der Waals surface area contributed by atoms with Gasteiger partial charge < -0.3 is 10.2 Å². The lowest BCUT2D eigenvalue weighted by atomic mass is 9.95. The van der Waals surface area contributed by atoms with Crippen LogP contribution < -0.4 is 5.32 Å². The van der Waals surface area contributed by atoms with Crippen molar-refractivity contribution in [1.82, 2.24) is 10.2 Å². The Morgan fingerprint density at radius 2 is 1.90 bits per heavy atom. The molecule has 21 heavy (non-hydrogen) atoms. The minimum atomic E-state index is -0.799. The van der Waals surface area contributed by atoms with E-state index < -0.39 is 5.54 Å². The molecule has 0 aromatic heterocycles. The molecule has 0 bridgehead atoms. The zero-order valence-corrected chi connectivity index (χ0v) is 12.8. The van der Waals surface area contributed by atoms with Crippen molar-refractivity contribution in [2.24, 2.45) is 0 Å². The summed E-state index contributed by atoms with van der Waals surface area (Å²) in [5.41, 5.74) is 0.459. The van der Waals surface area contributed by atoms with E-state index in [1.807, 2.05) is 30.0 Å². The van der Waals surface area contributed by atoms with E-state index in [1.54, 1.807) is 13.8 Å². The van der Waals surface area contributed by atoms with Gasteiger partial charge in [-0.15, -0.1) is 0 Å². The van der Waals surface area contributed by atoms with Crippen molar-refractivity contribution in [2.75, 3.05) is 0 Å². The second-order valence-corrected chi connectivity index (χ2v) is 6.57. The van der Waals surface area contributed by atoms with Gasteiger partial charge in [0, 0.05) is 12.0 Å². The Hall–Kier alpha value is -1.84. The lowest BCUT2D eigenvalue weighted by Crippen LogP contribution is -2.68. The van der Waals surface area contributed by atoms with Crippen LogP contribution in [0.5, 0.6) is 0 Å². The molecular formula is C17H22N2O2. The number of piperazine rings is 1. The summed E-state index contributed by atoms with van der Waals surface area (Å²) in [5, 5.41) is 2.84. The maximum Gasteiger partial charge on any atom is 0.248 e. The molecule has 1 saturated carbocycles. The van der Waals surface area contributed by atoms with E-state index in [1.165, 1.54) is 5.56 Å². The fraction of sp³-hybridized carbons (Fsp3) is 0.529. The van der Waals surface area contributed by atoms with Gasteiger partial charge in [0.25, 0.3) is 0 Å². The molecule has 3 unspecified atom stereocenters. The van der Waals surface area contributed by atoms with E-state index in [4.69, 9.17) is 0 Å². The zero-order chi connectivity index (χ0) is 15.2. The predicted molar refractivity (Wildman–Crippen MR) is 80.7 cm³/mol. The topological polar surface area (TPSA) is 49.4 Å². The first-order valence-corrected chi connectivity index (χ1v) is 7.65. The highest BCUT2D eigenvalue weighted by molar-refractivity contribution is 5.99. The van der Waals surface area contributed by atoms with Gasteiger partial charge in [0.05, 0.1) is 0 Å². The SMILES string of the molecule is CCC1C(=O)NC(C)(C)C(=O)N1C1CC1c1ccccc1. The summed E-state index contributed by atoms with van der Waals surface area (Å²) < 4.78 is 0. The van der Waals surface area contributed by atoms with Crippen LogP contribution in [0.2, 0.25) is 0 Å². The normalized spacial score (nSPS) is 31.0. The van der Waals surface area contributed by atoms with Crippen molar-refractivity contribution in [3.63, 3.8) is 0 Å². The van der Waals surface area contributed by atoms with Gasteiger partial charge >= 0.3 is 0 Å². The van der Waals surface area contributed by atoms with Gasteiger partial charge in [0.15, 0.2) is 0 Å². The molecule has 2 amide bonds. The van der Waals surface area contributed by atoms with Crippen LogP contribution in [0.25, 0.3) is 0 Å². The monoisotopic (exact) mass is 286 g/mol. The summed E-state index contributed by atoms with van der Waals surface area (Å²) in [6.07, 6.45) is 1.61. The molecule has 112 valence electrons. The van der Waals surface area contributed by atoms with E-state index in [0.29, 0.717) is 12.3 Å². The second-order valence-electron chi connectivity index (χ2n) is 6.57. The van der Waals surface area contributed by atoms with Crippen LogP contribution >= 0.6 is 0 Å². The Kier molecular flexibility index (Phi) is 3.27. The molecular weight excluding hydrogens is 264 g/mol. The van der Waals surface area contributed by atoms with E-state index in [-0.39, 0.29) is 23.9 Å². The summed E-state index contributed by atoms with van der Waals surface area (Å²) >= 11 is 0. The molecule has 4 nitrogen and oxygen atoms in total. The zero-order valence-electron chi connectivity index (χ0n) is 12.8. The van der Waals surface area contributed by atoms with E-state index in [0.717, 1.165) is 6.42 Å². The number of nitrogens with one attached hydrogen (secondary N) is 1. The van der Waals surface area contributed by atoms with Crippen molar-refractivity contribution < 1.29 is 9.59 Å². The van der Waals surface area contributed by atoms with Crippen molar-refractivity contribution in [3.8, 4) is 0 Å². The fourth-order valence-electron chi connectivity index (χ4n) is 3.35. The summed E-state index contributed by atoms with van der Waals surface area (Å²) in [6.45, 7) is 5.53. The second kappa shape index (κ2) is 4.86. The smallest absolute Gasteiger partial charge is 0.248 e. The van der Waals surface area contributed by atoms with Crippen LogP contribution in [0, 0.1) is 0 Å². The average molecular weight is 286 g/mol. The molecule has 1 saturated heterocycles. The van der Waals surface area contributed by atoms with Crippen molar-refractivity contribution in [1.29, 1.82) is 0 Å². The Morgan fingerprint density at radius 1 is 1.24 bits per heavy atom. The average Bonchev–Trinajstić information content (AvgIpc) is 3.23. The van der Waals surface area contributed by atoms with Crippen LogP contribution in [-0.4, -0.2) is 34.3 Å². The van der Waals surface area contributed by atoms with Crippen LogP contribution in [0.15, 0.2) is 30.3 Å². The van der Waals surface area contributed by atoms with E-state index in [9.17, 15) is 9.59 Å². The minimum absolute atomic E-state index is 0.0270. The summed E-state index contributed by atoms with van der Waals surface area (Å²) in [7, 11) is 0. The quantitative estimate of drug-likeness (QED) is 0.924. The van der Waals surface area contributed by atoms with E-state index >= 15 is 0 Å². The third-order valence-corrected chi connectivity index (χ3v) is 4.57. The Morgan fingerprint density at radius 3 is 2.52 bits per heavy atom. The highest BCUT2D eigenvalue weighted by atomic mass is 16.2. The lowest BCUT2D eigenvalue weighted by molar-refractivity contribution is -0.154. The number of carbonyl (C=O) groups is 2. The fourth-order valence-corrected chi connectivity index (χ4v) is 3.35. The predicted octanol–water partition coefficient (Wildman–Crippen LogP) is 2.06. The lowest BCUT2D eigenvalue weighted by Gasteiger charge is -2.43. The standard InChI is InChI=1S/C17H22N2O2/c1-4-13-15(20)18-17(2,3)16(21)19(13)14-10-12(14)11-8-6-5-7-9-11/h5-9,12-14H,4,10H2,1-3H3,(H,18,20). The molecule has 1 aromatic carbocycles. The molecule has 1 aliphatic heterocycles. The van der Waals surface area contributed by atoms with Gasteiger partial charge in [-0.05, 0) is 32.3 Å². The van der Waals surface area contributed by atoms with Gasteiger partial charge in [-0.3, -0.25) is 9.59 Å². The van der Waals surface area contributed by atoms with Gasteiger partial charge in [0.1, 0.15) is 11.6 Å². The number of hydrogen-bond donors (Lipinski definition) is 1. The maximum atomic E-state index is 12.7. The van der Waals surface area contributed by atoms with Crippen LogP contribution in [0.3, 0.4) is 0 Å². The van der Waals surface area contributed by atoms with Crippen LogP contribution in [0.1, 0.15) is 45.1 Å². The molecule has 3 atom stereocenters. The number of amides is 2. The molecule has 4 heteroatoms. The largest absolute Gasteiger partial charge is 0.340 e. The first-order valence-electron chi connectivity index (χ1n) is 7.65. The number of rotatable bonds is 3. The van der Waals surface area contributed by atoms with Crippen LogP contribution in [-0.2, 0) is 9.59 Å². The summed E-state index contributed by atoms with van der Waals surface area (Å²) in [6, 6.07) is 10.1. The number of benzene rings is 1. The molecule has 1 aromatic rings. The van der Waals surface area contributed by atoms with Gasteiger partial charge in [0.2, 0.25) is 11.8 Å². The van der Waals surface area contributed by atoms with Crippen molar-refractivity contribution in [3.05, 3.63) is 35.9 Å². The van der Waals surface area contributed by atoms with Gasteiger partial charge in [-0.25, -0.2) is 0 Å². The number of nitrogens with zero attached hydrogens (tertiary/aromatic N) is 1. The minimum Gasteiger partial charge on any atom is -0.340 e. The van der Waals surface area contributed by atoms with Crippen molar-refractivity contribution >= 4 is 11.8 Å². The van der Waals surface area contributed by atoms with Gasteiger partial charge in [-0.2, -0.15) is 0 Å². The Balaban J connectivity index is 1.86. The molecule has 3 rings (SSSR count). The summed E-state index contributed by atoms with van der Waals surface area (Å²) in [4.78, 5) is 26.8. The summed E-state index contributed by atoms with van der Waals surface area (Å²) in [5.74, 6) is 0.379. The maximum absolute atomic E-state index is 12.7. The van der Waals surface area contributed by atoms with Crippen molar-refractivity contribution in [2.45, 2.75) is 57.2 Å². The highest BCUT2D eigenvalue weighted by Gasteiger charge is 2.54. The Bertz CT molecular complexity index is 567. The molecule has 1 N–H and O–H groups in total. The molecule has 1 aliphatic carbocycles. The first-order chi connectivity index (χ1) is 9.95. The molecule has 2 fully saturated rings. The third-order valence-electron chi connectivity index (χ3n) is 4.57. The van der Waals surface area contributed by atoms with E-state index in [2.05, 4.69) is 17.4 Å². The number of hydrogen-bond acceptors (Lipinski definition) is 2. The Labute approximate surface area is 125 Å². The molecule has 2 aliphatic rings. The first kappa shape index (κ1) is 14.1. The third kappa shape index (κ3) is 2.33. The van der Waals surface area contributed by atoms with Gasteiger partial charge in [-0.1, -0.05) is 37.3 Å². The van der Waals surface area contributed by atoms with Crippen LogP contribution in [0.4, 0.5) is 0 Å². The molecule has 0 radical (unpaired) electrons. The molecule has 0 spiro atoms. The number of carbonyl (C=O) groups excluding carboxylic acids is 2. The molecule has 1 heterocycles.